The highest BCUT2D eigenvalue weighted by Crippen LogP contribution is 2.50. The van der Waals surface area contributed by atoms with Crippen molar-refractivity contribution in [1.29, 1.82) is 0 Å². The Hall–Kier alpha value is -7.10. The van der Waals surface area contributed by atoms with Crippen LogP contribution in [0.15, 0.2) is 207 Å². The monoisotopic (exact) mass is 733 g/mol. The fourth-order valence-corrected chi connectivity index (χ4v) is 8.58. The van der Waals surface area contributed by atoms with Crippen molar-refractivity contribution in [2.45, 2.75) is 25.4 Å². The molecule has 0 fully saturated rings. The minimum absolute atomic E-state index is 0.0193. The molecule has 2 heterocycles. The van der Waals surface area contributed by atoms with Gasteiger partial charge in [0, 0.05) is 40.6 Å². The second-order valence-corrected chi connectivity index (χ2v) is 15.6. The first-order chi connectivity index (χ1) is 28.0. The predicted octanol–water partition coefficient (Wildman–Crippen LogP) is 13.8. The lowest BCUT2D eigenvalue weighted by atomic mass is 9.73. The van der Waals surface area contributed by atoms with Crippen molar-refractivity contribution in [3.05, 3.63) is 229 Å². The topological polar surface area (TPSA) is 18.5 Å². The molecule has 0 saturated heterocycles. The van der Waals surface area contributed by atoms with Crippen LogP contribution in [-0.4, -0.2) is 6.17 Å². The predicted molar refractivity (Wildman–Crippen MR) is 242 cm³/mol. The Morgan fingerprint density at radius 2 is 1.12 bits per heavy atom. The summed E-state index contributed by atoms with van der Waals surface area (Å²) in [5.74, 6) is 0. The number of anilines is 4. The van der Waals surface area contributed by atoms with Gasteiger partial charge >= 0.3 is 0 Å². The maximum Gasteiger partial charge on any atom is 0.123 e. The van der Waals surface area contributed by atoms with Crippen LogP contribution in [0.4, 0.5) is 22.7 Å². The number of rotatable bonds is 7. The molecule has 8 aromatic rings. The molecule has 0 radical (unpaired) electrons. The van der Waals surface area contributed by atoms with E-state index in [2.05, 4.69) is 242 Å². The van der Waals surface area contributed by atoms with Crippen LogP contribution in [0.5, 0.6) is 0 Å². The van der Waals surface area contributed by atoms with Gasteiger partial charge < -0.3 is 15.1 Å². The molecule has 0 amide bonds. The molecule has 0 aromatic heterocycles. The van der Waals surface area contributed by atoms with Gasteiger partial charge in [-0.25, -0.2) is 0 Å². The summed E-state index contributed by atoms with van der Waals surface area (Å²) in [6.07, 6.45) is 11.1. The van der Waals surface area contributed by atoms with Crippen LogP contribution in [0.2, 0.25) is 0 Å². The zero-order chi connectivity index (χ0) is 38.3. The summed E-state index contributed by atoms with van der Waals surface area (Å²) >= 11 is 0. The molecule has 3 heteroatoms. The third-order valence-electron chi connectivity index (χ3n) is 11.7. The number of allylic oxidation sites excluding steroid dienone is 2. The molecule has 1 atom stereocenters. The number of hydrogen-bond acceptors (Lipinski definition) is 3. The van der Waals surface area contributed by atoms with E-state index in [1.54, 1.807) is 0 Å². The van der Waals surface area contributed by atoms with Crippen LogP contribution in [0.1, 0.15) is 36.1 Å². The summed E-state index contributed by atoms with van der Waals surface area (Å²) in [5.41, 5.74) is 13.1. The molecule has 274 valence electrons. The SMILES string of the molecule is CC1(C)c2ccccc2N(C2C=CC(c3ccccc3)=CN2)c2ccc(-c3ccc(/C=C/N(c4ccc5ccccc5c4)c4ccc5ccccc5c4)cc3)cc21. The van der Waals surface area contributed by atoms with Crippen molar-refractivity contribution in [2.24, 2.45) is 0 Å². The standard InChI is InChI=1S/C54H43N3/c1-54(2)49-18-10-11-19-51(49)57(53-31-27-46(37-55-53)39-12-4-3-5-13-39)52-30-26-45(36-50(52)54)42-22-20-38(21-23-42)32-33-56(47-28-24-40-14-6-8-16-43(40)34-47)48-29-25-41-15-7-9-17-44(41)35-48/h3-37,53,55H,1-2H3/b33-32+. The Morgan fingerprint density at radius 1 is 0.526 bits per heavy atom. The first-order valence-electron chi connectivity index (χ1n) is 19.8. The average molecular weight is 734 g/mol. The van der Waals surface area contributed by atoms with Gasteiger partial charge in [0.1, 0.15) is 6.17 Å². The Morgan fingerprint density at radius 3 is 1.79 bits per heavy atom. The van der Waals surface area contributed by atoms with Gasteiger partial charge in [-0.15, -0.1) is 0 Å². The summed E-state index contributed by atoms with van der Waals surface area (Å²) < 4.78 is 0. The summed E-state index contributed by atoms with van der Waals surface area (Å²) in [6.45, 7) is 4.71. The molecule has 0 bridgehead atoms. The zero-order valence-corrected chi connectivity index (χ0v) is 32.2. The van der Waals surface area contributed by atoms with Crippen molar-refractivity contribution >= 4 is 55.9 Å². The highest BCUT2D eigenvalue weighted by Gasteiger charge is 2.38. The van der Waals surface area contributed by atoms with E-state index in [4.69, 9.17) is 0 Å². The highest BCUT2D eigenvalue weighted by molar-refractivity contribution is 5.91. The first-order valence-corrected chi connectivity index (χ1v) is 19.8. The lowest BCUT2D eigenvalue weighted by molar-refractivity contribution is 0.602. The fraction of sp³-hybridized carbons (Fsp3) is 0.0741. The van der Waals surface area contributed by atoms with Crippen molar-refractivity contribution < 1.29 is 0 Å². The second kappa shape index (κ2) is 14.2. The van der Waals surface area contributed by atoms with E-state index in [1.165, 1.54) is 66.3 Å². The van der Waals surface area contributed by atoms with Crippen molar-refractivity contribution in [2.75, 3.05) is 9.80 Å². The minimum Gasteiger partial charge on any atom is -0.367 e. The van der Waals surface area contributed by atoms with E-state index in [-0.39, 0.29) is 11.6 Å². The number of nitrogens with zero attached hydrogens (tertiary/aromatic N) is 2. The molecule has 57 heavy (non-hydrogen) atoms. The van der Waals surface area contributed by atoms with E-state index in [1.807, 2.05) is 0 Å². The normalized spacial score (nSPS) is 15.6. The van der Waals surface area contributed by atoms with E-state index < -0.39 is 0 Å². The second-order valence-electron chi connectivity index (χ2n) is 15.6. The van der Waals surface area contributed by atoms with Gasteiger partial charge in [0.15, 0.2) is 0 Å². The Bertz CT molecular complexity index is 2780. The molecule has 1 unspecified atom stereocenters. The number of nitrogens with one attached hydrogen (secondary N) is 1. The number of para-hydroxylation sites is 1. The molecule has 0 saturated carbocycles. The molecule has 0 spiro atoms. The molecule has 2 aliphatic heterocycles. The van der Waals surface area contributed by atoms with Gasteiger partial charge in [-0.05, 0) is 115 Å². The smallest absolute Gasteiger partial charge is 0.123 e. The number of fused-ring (bicyclic) bond motifs is 4. The molecule has 1 N–H and O–H groups in total. The zero-order valence-electron chi connectivity index (χ0n) is 32.2. The summed E-state index contributed by atoms with van der Waals surface area (Å²) in [5, 5.41) is 8.63. The van der Waals surface area contributed by atoms with Crippen molar-refractivity contribution in [3.8, 4) is 11.1 Å². The molecular formula is C54H43N3. The Labute approximate surface area is 335 Å². The van der Waals surface area contributed by atoms with Crippen molar-refractivity contribution in [1.82, 2.24) is 5.32 Å². The lowest BCUT2D eigenvalue weighted by Crippen LogP contribution is -2.45. The van der Waals surface area contributed by atoms with Crippen LogP contribution >= 0.6 is 0 Å². The van der Waals surface area contributed by atoms with E-state index >= 15 is 0 Å². The average Bonchev–Trinajstić information content (AvgIpc) is 3.27. The maximum atomic E-state index is 3.72. The van der Waals surface area contributed by atoms with Crippen LogP contribution in [0.3, 0.4) is 0 Å². The number of hydrogen-bond donors (Lipinski definition) is 1. The van der Waals surface area contributed by atoms with Crippen LogP contribution in [0, 0.1) is 0 Å². The molecule has 10 rings (SSSR count). The maximum absolute atomic E-state index is 3.72. The van der Waals surface area contributed by atoms with E-state index in [0.29, 0.717) is 0 Å². The molecular weight excluding hydrogens is 691 g/mol. The molecule has 2 aliphatic rings. The van der Waals surface area contributed by atoms with Gasteiger partial charge in [-0.3, -0.25) is 0 Å². The molecule has 8 aromatic carbocycles. The number of benzene rings is 8. The molecule has 3 nitrogen and oxygen atoms in total. The van der Waals surface area contributed by atoms with Crippen molar-refractivity contribution in [3.63, 3.8) is 0 Å². The third-order valence-corrected chi connectivity index (χ3v) is 11.7. The minimum atomic E-state index is -0.181. The van der Waals surface area contributed by atoms with E-state index in [0.717, 1.165) is 16.9 Å². The largest absolute Gasteiger partial charge is 0.367 e. The highest BCUT2D eigenvalue weighted by atomic mass is 15.3. The van der Waals surface area contributed by atoms with Crippen LogP contribution < -0.4 is 15.1 Å². The molecule has 0 aliphatic carbocycles. The first kappa shape index (κ1) is 34.4. The summed E-state index contributed by atoms with van der Waals surface area (Å²) in [4.78, 5) is 4.75. The van der Waals surface area contributed by atoms with Gasteiger partial charge in [-0.2, -0.15) is 0 Å². The van der Waals surface area contributed by atoms with Gasteiger partial charge in [0.25, 0.3) is 0 Å². The van der Waals surface area contributed by atoms with Gasteiger partial charge in [-0.1, -0.05) is 159 Å². The van der Waals surface area contributed by atoms with Gasteiger partial charge in [0.2, 0.25) is 0 Å². The third kappa shape index (κ3) is 6.37. The summed E-state index contributed by atoms with van der Waals surface area (Å²) in [6, 6.07) is 65.8. The lowest BCUT2D eigenvalue weighted by Gasteiger charge is -2.45. The van der Waals surface area contributed by atoms with Gasteiger partial charge in [0.05, 0.1) is 0 Å². The number of dihydropyridines is 1. The van der Waals surface area contributed by atoms with Crippen LogP contribution in [0.25, 0.3) is 44.3 Å². The Balaban J connectivity index is 0.963. The van der Waals surface area contributed by atoms with E-state index in [9.17, 15) is 0 Å². The quantitative estimate of drug-likeness (QED) is 0.176. The van der Waals surface area contributed by atoms with Crippen LogP contribution in [-0.2, 0) is 5.41 Å². The summed E-state index contributed by atoms with van der Waals surface area (Å²) in [7, 11) is 0. The fourth-order valence-electron chi connectivity index (χ4n) is 8.58. The Kier molecular flexibility index (Phi) is 8.57.